The van der Waals surface area contributed by atoms with Crippen LogP contribution in [-0.2, 0) is 16.0 Å². The largest absolute Gasteiger partial charge is 0.611 e. The van der Waals surface area contributed by atoms with Crippen LogP contribution in [0.25, 0.3) is 0 Å². The van der Waals surface area contributed by atoms with E-state index in [0.717, 1.165) is 43.5 Å². The maximum Gasteiger partial charge on any atom is 0.225 e. The van der Waals surface area contributed by atoms with Gasteiger partial charge < -0.3 is 9.45 Å². The van der Waals surface area contributed by atoms with Crippen LogP contribution in [0.4, 0.5) is 0 Å². The Morgan fingerprint density at radius 2 is 1.87 bits per heavy atom. The van der Waals surface area contributed by atoms with E-state index in [0.29, 0.717) is 12.1 Å². The smallest absolute Gasteiger partial charge is 0.225 e. The van der Waals surface area contributed by atoms with Crippen molar-refractivity contribution >= 4 is 17.1 Å². The molecule has 3 rings (SSSR count). The predicted octanol–water partition coefficient (Wildman–Crippen LogP) is 2.85. The Balaban J connectivity index is 1.59. The van der Waals surface area contributed by atoms with Crippen molar-refractivity contribution in [3.63, 3.8) is 0 Å². The quantitative estimate of drug-likeness (QED) is 0.800. The zero-order valence-electron chi connectivity index (χ0n) is 13.2. The molecule has 1 aromatic carbocycles. The molecule has 0 spiro atoms. The van der Waals surface area contributed by atoms with E-state index in [1.807, 2.05) is 4.90 Å². The number of nitriles is 1. The van der Waals surface area contributed by atoms with E-state index in [1.54, 1.807) is 24.3 Å². The number of rotatable bonds is 3. The van der Waals surface area contributed by atoms with E-state index < -0.39 is 11.2 Å². The van der Waals surface area contributed by atoms with Gasteiger partial charge in [0.05, 0.1) is 18.2 Å². The van der Waals surface area contributed by atoms with Gasteiger partial charge in [0.15, 0.2) is 4.90 Å². The van der Waals surface area contributed by atoms with Crippen molar-refractivity contribution in [3.05, 3.63) is 29.8 Å². The highest BCUT2D eigenvalue weighted by atomic mass is 32.2. The molecule has 1 saturated heterocycles. The molecule has 2 unspecified atom stereocenters. The fourth-order valence-electron chi connectivity index (χ4n) is 3.57. The Bertz CT molecular complexity index is 590. The molecule has 1 saturated carbocycles. The Morgan fingerprint density at radius 1 is 1.17 bits per heavy atom. The van der Waals surface area contributed by atoms with Crippen LogP contribution in [0, 0.1) is 17.2 Å². The summed E-state index contributed by atoms with van der Waals surface area (Å²) < 4.78 is 12.7. The van der Waals surface area contributed by atoms with E-state index in [2.05, 4.69) is 6.07 Å². The number of amides is 1. The van der Waals surface area contributed by atoms with Crippen LogP contribution in [0.1, 0.15) is 44.1 Å². The number of carbonyl (C=O) groups is 1. The number of benzene rings is 1. The number of hydrogen-bond acceptors (Lipinski definition) is 3. The molecule has 2 aliphatic rings. The van der Waals surface area contributed by atoms with E-state index in [4.69, 9.17) is 5.26 Å². The molecule has 1 aromatic rings. The zero-order chi connectivity index (χ0) is 16.2. The Kier molecular flexibility index (Phi) is 5.24. The normalized spacial score (nSPS) is 23.5. The van der Waals surface area contributed by atoms with Gasteiger partial charge in [-0.15, -0.1) is 0 Å². The first-order chi connectivity index (χ1) is 11.2. The molecule has 1 aliphatic carbocycles. The molecule has 2 atom stereocenters. The summed E-state index contributed by atoms with van der Waals surface area (Å²) in [6.07, 6.45) is 6.38. The summed E-state index contributed by atoms with van der Waals surface area (Å²) >= 11 is -1.11. The first kappa shape index (κ1) is 16.4. The Hall–Kier alpha value is -1.51. The van der Waals surface area contributed by atoms with Crippen LogP contribution in [0.3, 0.4) is 0 Å². The third-order valence-corrected chi connectivity index (χ3v) is 6.66. The second-order valence-corrected chi connectivity index (χ2v) is 8.20. The number of nitrogens with zero attached hydrogens (tertiary/aromatic N) is 2. The van der Waals surface area contributed by atoms with Crippen molar-refractivity contribution in [2.24, 2.45) is 5.92 Å². The minimum absolute atomic E-state index is 0.00970. The Labute approximate surface area is 140 Å². The molecule has 0 N–H and O–H groups in total. The second-order valence-electron chi connectivity index (χ2n) is 6.46. The van der Waals surface area contributed by atoms with E-state index in [-0.39, 0.29) is 17.1 Å². The minimum Gasteiger partial charge on any atom is -0.611 e. The van der Waals surface area contributed by atoms with Crippen molar-refractivity contribution in [2.45, 2.75) is 48.7 Å². The van der Waals surface area contributed by atoms with Gasteiger partial charge in [-0.25, -0.2) is 0 Å². The van der Waals surface area contributed by atoms with Gasteiger partial charge in [0.25, 0.3) is 0 Å². The van der Waals surface area contributed by atoms with Gasteiger partial charge in [-0.1, -0.05) is 19.3 Å². The number of hydrogen-bond donors (Lipinski definition) is 0. The molecule has 0 bridgehead atoms. The van der Waals surface area contributed by atoms with Gasteiger partial charge >= 0.3 is 0 Å². The van der Waals surface area contributed by atoms with Crippen LogP contribution in [-0.4, -0.2) is 33.7 Å². The summed E-state index contributed by atoms with van der Waals surface area (Å²) in [6.45, 7) is 1.32. The highest BCUT2D eigenvalue weighted by Crippen LogP contribution is 2.29. The lowest BCUT2D eigenvalue weighted by Crippen LogP contribution is -2.37. The predicted molar refractivity (Wildman–Crippen MR) is 89.1 cm³/mol. The average molecular weight is 330 g/mol. The third kappa shape index (κ3) is 3.70. The van der Waals surface area contributed by atoms with Crippen LogP contribution in [0.15, 0.2) is 29.2 Å². The summed E-state index contributed by atoms with van der Waals surface area (Å²) in [5.74, 6) is 0.454. The molecule has 122 valence electrons. The van der Waals surface area contributed by atoms with Crippen LogP contribution < -0.4 is 0 Å². The van der Waals surface area contributed by atoms with Crippen molar-refractivity contribution in [3.8, 4) is 6.07 Å². The third-order valence-electron chi connectivity index (χ3n) is 4.93. The van der Waals surface area contributed by atoms with Crippen molar-refractivity contribution in [1.29, 1.82) is 5.26 Å². The van der Waals surface area contributed by atoms with Crippen molar-refractivity contribution < 1.29 is 9.35 Å². The molecule has 5 heteroatoms. The maximum absolute atomic E-state index is 12.7. The highest BCUT2D eigenvalue weighted by Gasteiger charge is 2.37. The van der Waals surface area contributed by atoms with E-state index in [1.165, 1.54) is 6.42 Å². The van der Waals surface area contributed by atoms with Gasteiger partial charge in [0.1, 0.15) is 5.25 Å². The summed E-state index contributed by atoms with van der Waals surface area (Å²) in [5, 5.41) is 8.84. The van der Waals surface area contributed by atoms with Gasteiger partial charge in [0.2, 0.25) is 5.91 Å². The lowest BCUT2D eigenvalue weighted by Gasteiger charge is -2.26. The first-order valence-electron chi connectivity index (χ1n) is 8.38. The molecular weight excluding hydrogens is 308 g/mol. The number of carbonyl (C=O) groups excluding carboxylic acids is 1. The van der Waals surface area contributed by atoms with Gasteiger partial charge in [-0.3, -0.25) is 4.79 Å². The summed E-state index contributed by atoms with van der Waals surface area (Å²) in [7, 11) is 0. The lowest BCUT2D eigenvalue weighted by molar-refractivity contribution is -0.135. The van der Waals surface area contributed by atoms with Crippen LogP contribution >= 0.6 is 0 Å². The lowest BCUT2D eigenvalue weighted by atomic mass is 9.88. The van der Waals surface area contributed by atoms with Crippen molar-refractivity contribution in [1.82, 2.24) is 4.90 Å². The monoisotopic (exact) mass is 330 g/mol. The standard InChI is InChI=1S/C18H22N2O2S/c19-12-14-6-8-16(9-7-14)23(22)17-10-11-20(13-17)18(21)15-4-2-1-3-5-15/h6-9,15,17H,1-5,10-11,13H2. The van der Waals surface area contributed by atoms with E-state index in [9.17, 15) is 9.35 Å². The molecule has 1 amide bonds. The molecule has 23 heavy (non-hydrogen) atoms. The molecule has 2 fully saturated rings. The summed E-state index contributed by atoms with van der Waals surface area (Å²) in [4.78, 5) is 15.2. The van der Waals surface area contributed by atoms with E-state index >= 15 is 0 Å². The maximum atomic E-state index is 12.7. The van der Waals surface area contributed by atoms with Gasteiger partial charge in [0, 0.05) is 18.9 Å². The van der Waals surface area contributed by atoms with Crippen molar-refractivity contribution in [2.75, 3.05) is 13.1 Å². The Morgan fingerprint density at radius 3 is 2.52 bits per heavy atom. The molecular formula is C18H22N2O2S. The number of likely N-dealkylation sites (tertiary alicyclic amines) is 1. The van der Waals surface area contributed by atoms with Crippen LogP contribution in [0.5, 0.6) is 0 Å². The van der Waals surface area contributed by atoms with Gasteiger partial charge in [-0.2, -0.15) is 5.26 Å². The SMILES string of the molecule is N#Cc1ccc([S+]([O-])C2CCN(C(=O)C3CCCCC3)C2)cc1. The average Bonchev–Trinajstić information content (AvgIpc) is 3.11. The molecule has 1 heterocycles. The summed E-state index contributed by atoms with van der Waals surface area (Å²) in [5.41, 5.74) is 0.575. The fourth-order valence-corrected chi connectivity index (χ4v) is 4.99. The molecule has 0 aromatic heterocycles. The molecule has 0 radical (unpaired) electrons. The topological polar surface area (TPSA) is 67.2 Å². The second kappa shape index (κ2) is 7.37. The molecule has 4 nitrogen and oxygen atoms in total. The van der Waals surface area contributed by atoms with Gasteiger partial charge in [-0.05, 0) is 48.3 Å². The molecule has 1 aliphatic heterocycles. The van der Waals surface area contributed by atoms with Crippen LogP contribution in [0.2, 0.25) is 0 Å². The zero-order valence-corrected chi connectivity index (χ0v) is 14.1. The fraction of sp³-hybridized carbons (Fsp3) is 0.556. The summed E-state index contributed by atoms with van der Waals surface area (Å²) in [6, 6.07) is 9.00. The minimum atomic E-state index is -1.11. The highest BCUT2D eigenvalue weighted by molar-refractivity contribution is 7.92. The first-order valence-corrected chi connectivity index (χ1v) is 9.60.